The normalized spacial score (nSPS) is 19.6. The molecule has 0 fully saturated rings. The number of pyridine rings is 2. The van der Waals surface area contributed by atoms with Crippen molar-refractivity contribution < 1.29 is 60.9 Å². The zero-order valence-corrected chi connectivity index (χ0v) is 20.2. The summed E-state index contributed by atoms with van der Waals surface area (Å²) in [5.74, 6) is -1.99. The van der Waals surface area contributed by atoms with E-state index < -0.39 is 82.7 Å². The predicted molar refractivity (Wildman–Crippen MR) is 111 cm³/mol. The summed E-state index contributed by atoms with van der Waals surface area (Å²) in [6.07, 6.45) is -26.1. The molecule has 3 heterocycles. The fourth-order valence-corrected chi connectivity index (χ4v) is 4.01. The van der Waals surface area contributed by atoms with E-state index in [1.54, 1.807) is 0 Å². The molecule has 1 aliphatic rings. The van der Waals surface area contributed by atoms with Gasteiger partial charge in [-0.1, -0.05) is 0 Å². The van der Waals surface area contributed by atoms with Crippen molar-refractivity contribution in [1.82, 2.24) is 9.97 Å². The summed E-state index contributed by atoms with van der Waals surface area (Å²) in [4.78, 5) is 4.99. The van der Waals surface area contributed by atoms with Gasteiger partial charge in [-0.05, 0) is 29.8 Å². The highest BCUT2D eigenvalue weighted by atomic mass is 127. The minimum Gasteiger partial charge on any atom is -0.371 e. The van der Waals surface area contributed by atoms with E-state index in [1.807, 2.05) is 0 Å². The van der Waals surface area contributed by atoms with Crippen LogP contribution in [0.4, 0.5) is 58.4 Å². The molecule has 0 aliphatic carbocycles. The van der Waals surface area contributed by atoms with Gasteiger partial charge in [0.25, 0.3) is 0 Å². The van der Waals surface area contributed by atoms with Crippen LogP contribution in [-0.4, -0.2) is 27.0 Å². The molecule has 3 atom stereocenters. The van der Waals surface area contributed by atoms with Gasteiger partial charge in [0.15, 0.2) is 6.23 Å². The molecule has 0 saturated carbocycles. The van der Waals surface area contributed by atoms with Crippen LogP contribution < -0.4 is 5.01 Å². The van der Waals surface area contributed by atoms with Crippen LogP contribution in [0.5, 0.6) is 0 Å². The fraction of sp³-hybridized carbons (Fsp3) is 0.368. The van der Waals surface area contributed by atoms with E-state index in [2.05, 4.69) is 15.1 Å². The van der Waals surface area contributed by atoms with Crippen molar-refractivity contribution in [3.63, 3.8) is 0 Å². The maximum atomic E-state index is 13.3. The lowest BCUT2D eigenvalue weighted by molar-refractivity contribution is -0.151. The van der Waals surface area contributed by atoms with E-state index >= 15 is 0 Å². The van der Waals surface area contributed by atoms with Crippen molar-refractivity contribution in [2.24, 2.45) is 11.0 Å². The van der Waals surface area contributed by atoms with Gasteiger partial charge in [-0.15, -0.1) is 0 Å². The smallest absolute Gasteiger partial charge is 0.371 e. The first-order valence-electron chi connectivity index (χ1n) is 9.74. The number of halogens is 13. The van der Waals surface area contributed by atoms with Crippen LogP contribution >= 0.6 is 23.0 Å². The quantitative estimate of drug-likeness (QED) is 0.299. The van der Waals surface area contributed by atoms with Crippen LogP contribution in [0.2, 0.25) is 0 Å². The molecule has 1 aliphatic heterocycles. The van der Waals surface area contributed by atoms with Crippen molar-refractivity contribution in [1.29, 1.82) is 5.26 Å². The van der Waals surface area contributed by atoms with Crippen LogP contribution in [0, 0.1) is 17.2 Å². The van der Waals surface area contributed by atoms with Gasteiger partial charge >= 0.3 is 24.7 Å². The molecule has 39 heavy (non-hydrogen) atoms. The van der Waals surface area contributed by atoms with Crippen LogP contribution in [-0.2, 0) is 27.8 Å². The van der Waals surface area contributed by atoms with Gasteiger partial charge in [0, 0.05) is 0 Å². The number of hydrogen-bond acceptors (Lipinski definition) is 7. The highest BCUT2D eigenvalue weighted by molar-refractivity contribution is 14.1. The van der Waals surface area contributed by atoms with Crippen LogP contribution in [0.1, 0.15) is 34.4 Å². The second-order valence-corrected chi connectivity index (χ2v) is 8.16. The topological polar surface area (TPSA) is 94.6 Å². The average Bonchev–Trinajstić information content (AvgIpc) is 3.13. The first kappa shape index (κ1) is 30.6. The lowest BCUT2D eigenvalue weighted by Gasteiger charge is -2.28. The second-order valence-electron chi connectivity index (χ2n) is 7.65. The number of hydrazone groups is 1. The largest absolute Gasteiger partial charge is 0.433 e. The van der Waals surface area contributed by atoms with Gasteiger partial charge in [-0.3, -0.25) is 0 Å². The summed E-state index contributed by atoms with van der Waals surface area (Å²) in [5.41, 5.74) is -11.2. The van der Waals surface area contributed by atoms with E-state index in [-0.39, 0.29) is 29.3 Å². The van der Waals surface area contributed by atoms with Crippen molar-refractivity contribution in [2.45, 2.75) is 37.0 Å². The highest BCUT2D eigenvalue weighted by Crippen LogP contribution is 2.43. The maximum Gasteiger partial charge on any atom is 0.433 e. The lowest BCUT2D eigenvalue weighted by atomic mass is 9.90. The van der Waals surface area contributed by atoms with Gasteiger partial charge in [-0.25, -0.2) is 15.0 Å². The lowest BCUT2D eigenvalue weighted by Crippen LogP contribution is -2.37. The molecule has 0 bridgehead atoms. The molecule has 0 saturated heterocycles. The Labute approximate surface area is 222 Å². The Bertz CT molecular complexity index is 1250. The SMILES string of the molecule is N#CC1=NN(c2cc(C(F)(F)F)nc(C(F)(F)F)c2)C(O)C1C(OI)c1cc(C(F)(F)F)nc(C(F)(F)F)c1. The fourth-order valence-electron chi connectivity index (χ4n) is 3.40. The van der Waals surface area contributed by atoms with E-state index in [4.69, 9.17) is 3.07 Å². The first-order chi connectivity index (χ1) is 17.7. The molecular formula is C19H8F12IN5O2. The van der Waals surface area contributed by atoms with E-state index in [0.29, 0.717) is 0 Å². The Morgan fingerprint density at radius 1 is 0.795 bits per heavy atom. The summed E-state index contributed by atoms with van der Waals surface area (Å²) >= 11 is 1.01. The molecule has 2 aromatic heterocycles. The maximum absolute atomic E-state index is 13.3. The monoisotopic (exact) mass is 693 g/mol. The Balaban J connectivity index is 2.16. The third-order valence-electron chi connectivity index (χ3n) is 5.05. The molecule has 7 nitrogen and oxygen atoms in total. The molecule has 212 valence electrons. The molecule has 0 amide bonds. The molecular weight excluding hydrogens is 685 g/mol. The van der Waals surface area contributed by atoms with Crippen LogP contribution in [0.15, 0.2) is 29.4 Å². The number of rotatable bonds is 4. The number of aliphatic hydroxyl groups is 1. The van der Waals surface area contributed by atoms with Crippen molar-refractivity contribution in [2.75, 3.05) is 5.01 Å². The van der Waals surface area contributed by atoms with Crippen LogP contribution in [0.3, 0.4) is 0 Å². The van der Waals surface area contributed by atoms with E-state index in [9.17, 15) is 63.1 Å². The molecule has 0 radical (unpaired) electrons. The third-order valence-corrected chi connectivity index (χ3v) is 5.60. The summed E-state index contributed by atoms with van der Waals surface area (Å²) in [6.45, 7) is 0. The molecule has 3 unspecified atom stereocenters. The number of nitriles is 1. The molecule has 20 heteroatoms. The number of alkyl halides is 12. The van der Waals surface area contributed by atoms with Crippen LogP contribution in [0.25, 0.3) is 0 Å². The molecule has 3 rings (SSSR count). The number of aromatic nitrogens is 2. The van der Waals surface area contributed by atoms with Gasteiger partial charge < -0.3 is 8.17 Å². The Kier molecular flexibility index (Phi) is 8.03. The summed E-state index contributed by atoms with van der Waals surface area (Å²) in [5, 5.41) is 23.7. The van der Waals surface area contributed by atoms with Crippen molar-refractivity contribution in [3.8, 4) is 6.07 Å². The van der Waals surface area contributed by atoms with Crippen molar-refractivity contribution >= 4 is 34.4 Å². The molecule has 2 aromatic rings. The Hall–Kier alpha value is -2.93. The third kappa shape index (κ3) is 6.46. The summed E-state index contributed by atoms with van der Waals surface area (Å²) in [6, 6.07) is 1.65. The molecule has 0 aromatic carbocycles. The van der Waals surface area contributed by atoms with Gasteiger partial charge in [0.2, 0.25) is 0 Å². The number of nitrogens with zero attached hydrogens (tertiary/aromatic N) is 5. The number of anilines is 1. The summed E-state index contributed by atoms with van der Waals surface area (Å²) < 4.78 is 164. The average molecular weight is 693 g/mol. The van der Waals surface area contributed by atoms with E-state index in [1.165, 1.54) is 6.07 Å². The molecule has 0 spiro atoms. The standard InChI is InChI=1S/C19H8F12IN5O2/c20-16(21,22)9-1-6(2-10(34-9)17(23,24)25)14(39-32)13-8(5-33)36-37(15(13)38)7-3-11(18(26,27)28)35-12(4-7)19(29,30)31/h1-4,13-15,38H. The Morgan fingerprint density at radius 3 is 1.51 bits per heavy atom. The summed E-state index contributed by atoms with van der Waals surface area (Å²) in [7, 11) is 0. The zero-order chi connectivity index (χ0) is 29.7. The van der Waals surface area contributed by atoms with E-state index in [0.717, 1.165) is 23.0 Å². The predicted octanol–water partition coefficient (Wildman–Crippen LogP) is 6.29. The first-order valence-corrected chi connectivity index (χ1v) is 10.6. The highest BCUT2D eigenvalue weighted by Gasteiger charge is 2.47. The van der Waals surface area contributed by atoms with Crippen molar-refractivity contribution in [3.05, 3.63) is 52.6 Å². The number of aliphatic hydroxyl groups excluding tert-OH is 1. The minimum absolute atomic E-state index is 0.0369. The number of hydrogen-bond donors (Lipinski definition) is 1. The van der Waals surface area contributed by atoms with Gasteiger partial charge in [0.05, 0.1) is 11.6 Å². The van der Waals surface area contributed by atoms with Gasteiger partial charge in [0.1, 0.15) is 63.7 Å². The zero-order valence-electron chi connectivity index (χ0n) is 18.0. The van der Waals surface area contributed by atoms with Gasteiger partial charge in [-0.2, -0.15) is 63.0 Å². The molecule has 1 N–H and O–H groups in total. The Morgan fingerprint density at radius 2 is 1.18 bits per heavy atom. The minimum atomic E-state index is -5.42. The second kappa shape index (κ2) is 10.2.